The fourth-order valence-electron chi connectivity index (χ4n) is 1.33. The van der Waals surface area contributed by atoms with Crippen molar-refractivity contribution in [2.24, 2.45) is 0 Å². The van der Waals surface area contributed by atoms with E-state index in [0.717, 1.165) is 25.2 Å². The zero-order valence-electron chi connectivity index (χ0n) is 8.96. The molecular weight excluding hydrogens is 199 g/mol. The molecule has 0 fully saturated rings. The molecule has 0 spiro atoms. The van der Waals surface area contributed by atoms with Crippen LogP contribution < -0.4 is 0 Å². The van der Waals surface area contributed by atoms with Crippen molar-refractivity contribution in [2.45, 2.75) is 52.4 Å². The molecule has 1 N–H and O–H groups in total. The van der Waals surface area contributed by atoms with Gasteiger partial charge in [-0.3, -0.25) is 0 Å². The van der Waals surface area contributed by atoms with E-state index in [4.69, 9.17) is 11.8 Å². The zero-order chi connectivity index (χ0) is 10.2. The molecular formula is C10H23OPS. The maximum absolute atomic E-state index is 9.89. The van der Waals surface area contributed by atoms with E-state index in [-0.39, 0.29) is 0 Å². The first kappa shape index (κ1) is 13.6. The summed E-state index contributed by atoms with van der Waals surface area (Å²) in [6.07, 6.45) is 6.98. The normalized spacial score (nSPS) is 11.9. The van der Waals surface area contributed by atoms with Gasteiger partial charge in [0.15, 0.2) is 0 Å². The highest BCUT2D eigenvalue weighted by molar-refractivity contribution is 8.11. The van der Waals surface area contributed by atoms with Crippen LogP contribution in [0.25, 0.3) is 0 Å². The van der Waals surface area contributed by atoms with Crippen LogP contribution >= 0.6 is 6.26 Å². The van der Waals surface area contributed by atoms with Crippen LogP contribution in [-0.4, -0.2) is 17.2 Å². The van der Waals surface area contributed by atoms with E-state index < -0.39 is 6.26 Å². The molecule has 0 aromatic rings. The van der Waals surface area contributed by atoms with Crippen molar-refractivity contribution in [3.05, 3.63) is 0 Å². The van der Waals surface area contributed by atoms with Crippen LogP contribution in [-0.2, 0) is 11.8 Å². The lowest BCUT2D eigenvalue weighted by Gasteiger charge is -2.14. The van der Waals surface area contributed by atoms with Crippen LogP contribution in [0.2, 0.25) is 0 Å². The largest absolute Gasteiger partial charge is 0.365 e. The van der Waals surface area contributed by atoms with Gasteiger partial charge in [-0.15, -0.1) is 0 Å². The van der Waals surface area contributed by atoms with Gasteiger partial charge in [0.05, 0.1) is 6.26 Å². The molecule has 3 heteroatoms. The van der Waals surface area contributed by atoms with Gasteiger partial charge in [0.25, 0.3) is 0 Å². The summed E-state index contributed by atoms with van der Waals surface area (Å²) in [5, 5.41) is 0. The Morgan fingerprint density at radius 3 is 1.62 bits per heavy atom. The monoisotopic (exact) mass is 222 g/mol. The second-order valence-electron chi connectivity index (χ2n) is 3.71. The SMILES string of the molecule is CCCCCP(O)(=S)CCCCC. The van der Waals surface area contributed by atoms with Gasteiger partial charge in [-0.2, -0.15) is 0 Å². The Morgan fingerprint density at radius 2 is 1.31 bits per heavy atom. The lowest BCUT2D eigenvalue weighted by Crippen LogP contribution is -1.94. The van der Waals surface area contributed by atoms with E-state index in [1.807, 2.05) is 0 Å². The van der Waals surface area contributed by atoms with E-state index in [0.29, 0.717) is 0 Å². The molecule has 0 amide bonds. The third-order valence-electron chi connectivity index (χ3n) is 2.22. The first-order valence-corrected chi connectivity index (χ1v) is 8.55. The van der Waals surface area contributed by atoms with Gasteiger partial charge in [-0.1, -0.05) is 51.3 Å². The number of rotatable bonds is 8. The molecule has 0 aromatic carbocycles. The fourth-order valence-corrected chi connectivity index (χ4v) is 3.76. The summed E-state index contributed by atoms with van der Waals surface area (Å²) >= 11 is 5.24. The molecule has 0 aromatic heterocycles. The maximum Gasteiger partial charge on any atom is 0.0636 e. The average Bonchev–Trinajstić information content (AvgIpc) is 2.05. The Kier molecular flexibility index (Phi) is 8.34. The molecule has 0 unspecified atom stereocenters. The van der Waals surface area contributed by atoms with Crippen LogP contribution in [0, 0.1) is 0 Å². The summed E-state index contributed by atoms with van der Waals surface area (Å²) in [5.41, 5.74) is 0. The van der Waals surface area contributed by atoms with Crippen LogP contribution in [0.15, 0.2) is 0 Å². The van der Waals surface area contributed by atoms with E-state index in [9.17, 15) is 4.89 Å². The molecule has 0 radical (unpaired) electrons. The highest BCUT2D eigenvalue weighted by atomic mass is 32.4. The minimum absolute atomic E-state index is 0.903. The van der Waals surface area contributed by atoms with Gasteiger partial charge in [0.2, 0.25) is 0 Å². The molecule has 0 aliphatic carbocycles. The standard InChI is InChI=1S/C10H23OPS/c1-3-5-7-9-12(11,13)10-8-6-4-2/h3-10H2,1-2H3,(H,11,13). The topological polar surface area (TPSA) is 20.2 Å². The second-order valence-corrected chi connectivity index (χ2v) is 8.33. The minimum atomic E-state index is -1.92. The molecule has 0 aliphatic rings. The average molecular weight is 222 g/mol. The Balaban J connectivity index is 3.49. The Bertz CT molecular complexity index is 145. The van der Waals surface area contributed by atoms with Gasteiger partial charge < -0.3 is 4.89 Å². The van der Waals surface area contributed by atoms with Crippen molar-refractivity contribution < 1.29 is 4.89 Å². The zero-order valence-corrected chi connectivity index (χ0v) is 10.7. The van der Waals surface area contributed by atoms with Crippen LogP contribution in [0.5, 0.6) is 0 Å². The fraction of sp³-hybridized carbons (Fsp3) is 1.00. The van der Waals surface area contributed by atoms with Gasteiger partial charge >= 0.3 is 0 Å². The summed E-state index contributed by atoms with van der Waals surface area (Å²) in [7, 11) is 0. The molecule has 0 saturated carbocycles. The van der Waals surface area contributed by atoms with E-state index >= 15 is 0 Å². The predicted molar refractivity (Wildman–Crippen MR) is 65.3 cm³/mol. The highest BCUT2D eigenvalue weighted by Crippen LogP contribution is 2.42. The Morgan fingerprint density at radius 1 is 0.923 bits per heavy atom. The molecule has 13 heavy (non-hydrogen) atoms. The van der Waals surface area contributed by atoms with Gasteiger partial charge in [-0.05, 0) is 25.2 Å². The third-order valence-corrected chi connectivity index (χ3v) is 5.35. The number of hydrogen-bond acceptors (Lipinski definition) is 1. The molecule has 0 saturated heterocycles. The molecule has 0 aliphatic heterocycles. The minimum Gasteiger partial charge on any atom is -0.365 e. The lowest BCUT2D eigenvalue weighted by molar-refractivity contribution is 0.605. The van der Waals surface area contributed by atoms with Crippen molar-refractivity contribution >= 4 is 18.1 Å². The van der Waals surface area contributed by atoms with Crippen molar-refractivity contribution in [1.82, 2.24) is 0 Å². The number of unbranched alkanes of at least 4 members (excludes halogenated alkanes) is 4. The molecule has 0 rings (SSSR count). The quantitative estimate of drug-likeness (QED) is 0.498. The molecule has 1 nitrogen and oxygen atoms in total. The van der Waals surface area contributed by atoms with E-state index in [1.54, 1.807) is 0 Å². The molecule has 0 bridgehead atoms. The molecule has 0 heterocycles. The highest BCUT2D eigenvalue weighted by Gasteiger charge is 2.10. The summed E-state index contributed by atoms with van der Waals surface area (Å²) < 4.78 is 0. The summed E-state index contributed by atoms with van der Waals surface area (Å²) in [6.45, 7) is 4.36. The van der Waals surface area contributed by atoms with Crippen molar-refractivity contribution in [1.29, 1.82) is 0 Å². The molecule has 80 valence electrons. The summed E-state index contributed by atoms with van der Waals surface area (Å²) in [6, 6.07) is 0. The van der Waals surface area contributed by atoms with E-state index in [2.05, 4.69) is 13.8 Å². The van der Waals surface area contributed by atoms with Gasteiger partial charge in [-0.25, -0.2) is 0 Å². The Hall–Kier alpha value is 0.610. The predicted octanol–water partition coefficient (Wildman–Crippen LogP) is 3.75. The first-order chi connectivity index (χ1) is 6.12. The summed E-state index contributed by atoms with van der Waals surface area (Å²) in [5.74, 6) is 0. The molecule has 0 atom stereocenters. The van der Waals surface area contributed by atoms with Crippen molar-refractivity contribution in [2.75, 3.05) is 12.3 Å². The van der Waals surface area contributed by atoms with Crippen LogP contribution in [0.1, 0.15) is 52.4 Å². The van der Waals surface area contributed by atoms with Crippen LogP contribution in [0.3, 0.4) is 0 Å². The first-order valence-electron chi connectivity index (χ1n) is 5.43. The van der Waals surface area contributed by atoms with Crippen molar-refractivity contribution in [3.63, 3.8) is 0 Å². The Labute approximate surface area is 88.0 Å². The summed E-state index contributed by atoms with van der Waals surface area (Å²) in [4.78, 5) is 9.89. The van der Waals surface area contributed by atoms with Gasteiger partial charge in [0.1, 0.15) is 0 Å². The second kappa shape index (κ2) is 7.96. The van der Waals surface area contributed by atoms with E-state index in [1.165, 1.54) is 25.7 Å². The number of hydrogen-bond donors (Lipinski definition) is 1. The smallest absolute Gasteiger partial charge is 0.0636 e. The lowest BCUT2D eigenvalue weighted by atomic mass is 10.3. The maximum atomic E-state index is 9.89. The van der Waals surface area contributed by atoms with Crippen molar-refractivity contribution in [3.8, 4) is 0 Å². The van der Waals surface area contributed by atoms with Crippen LogP contribution in [0.4, 0.5) is 0 Å². The third kappa shape index (κ3) is 8.93. The van der Waals surface area contributed by atoms with Gasteiger partial charge in [0, 0.05) is 0 Å².